The summed E-state index contributed by atoms with van der Waals surface area (Å²) in [5.74, 6) is 0. The highest BCUT2D eigenvalue weighted by Crippen LogP contribution is 2.17. The van der Waals surface area contributed by atoms with Crippen molar-refractivity contribution in [1.82, 2.24) is 4.90 Å². The first-order valence-corrected chi connectivity index (χ1v) is 5.27. The van der Waals surface area contributed by atoms with Crippen LogP contribution in [0.5, 0.6) is 0 Å². The van der Waals surface area contributed by atoms with Gasteiger partial charge in [-0.05, 0) is 32.3 Å². The van der Waals surface area contributed by atoms with Crippen LogP contribution in [-0.4, -0.2) is 46.2 Å². The van der Waals surface area contributed by atoms with Crippen LogP contribution in [0.3, 0.4) is 0 Å². The second-order valence-corrected chi connectivity index (χ2v) is 4.03. The molecule has 0 unspecified atom stereocenters. The van der Waals surface area contributed by atoms with Crippen LogP contribution < -0.4 is 10.2 Å². The molecule has 0 aliphatic heterocycles. The second-order valence-electron chi connectivity index (χ2n) is 4.03. The summed E-state index contributed by atoms with van der Waals surface area (Å²) in [5.41, 5.74) is 2.41. The molecule has 0 radical (unpaired) electrons. The molecule has 0 fully saturated rings. The fourth-order valence-corrected chi connectivity index (χ4v) is 1.38. The molecular weight excluding hydrogens is 186 g/mol. The van der Waals surface area contributed by atoms with Gasteiger partial charge in [-0.25, -0.2) is 0 Å². The minimum absolute atomic E-state index is 1.04. The van der Waals surface area contributed by atoms with Gasteiger partial charge < -0.3 is 15.1 Å². The van der Waals surface area contributed by atoms with E-state index in [1.807, 2.05) is 7.05 Å². The lowest BCUT2D eigenvalue weighted by molar-refractivity contribution is 0.416. The minimum Gasteiger partial charge on any atom is -0.388 e. The molecule has 3 heteroatoms. The molecule has 0 heterocycles. The normalized spacial score (nSPS) is 10.5. The van der Waals surface area contributed by atoms with Crippen LogP contribution in [0.1, 0.15) is 0 Å². The summed E-state index contributed by atoms with van der Waals surface area (Å²) in [5, 5.41) is 3.15. The van der Waals surface area contributed by atoms with Crippen molar-refractivity contribution in [3.8, 4) is 0 Å². The van der Waals surface area contributed by atoms with Crippen molar-refractivity contribution in [3.63, 3.8) is 0 Å². The van der Waals surface area contributed by atoms with E-state index in [1.165, 1.54) is 5.69 Å². The average Bonchev–Trinajstić information content (AvgIpc) is 2.26. The van der Waals surface area contributed by atoms with E-state index in [9.17, 15) is 0 Å². The Balaban J connectivity index is 2.60. The fraction of sp³-hybridized carbons (Fsp3) is 0.500. The Kier molecular flexibility index (Phi) is 4.43. The lowest BCUT2D eigenvalue weighted by atomic mass is 10.2. The van der Waals surface area contributed by atoms with Crippen LogP contribution in [-0.2, 0) is 0 Å². The van der Waals surface area contributed by atoms with Crippen molar-refractivity contribution in [2.45, 2.75) is 0 Å². The van der Waals surface area contributed by atoms with Gasteiger partial charge in [0.15, 0.2) is 0 Å². The van der Waals surface area contributed by atoms with Gasteiger partial charge in [-0.3, -0.25) is 0 Å². The molecule has 15 heavy (non-hydrogen) atoms. The molecule has 0 amide bonds. The molecule has 0 bridgehead atoms. The van der Waals surface area contributed by atoms with Gasteiger partial charge >= 0.3 is 0 Å². The topological polar surface area (TPSA) is 18.5 Å². The first-order chi connectivity index (χ1) is 7.13. The Bertz CT molecular complexity index is 297. The van der Waals surface area contributed by atoms with Gasteiger partial charge in [0.1, 0.15) is 0 Å². The Labute approximate surface area is 92.7 Å². The smallest absolute Gasteiger partial charge is 0.0384 e. The maximum absolute atomic E-state index is 3.15. The van der Waals surface area contributed by atoms with Crippen LogP contribution in [0.15, 0.2) is 24.3 Å². The van der Waals surface area contributed by atoms with Gasteiger partial charge in [0, 0.05) is 38.6 Å². The average molecular weight is 207 g/mol. The zero-order chi connectivity index (χ0) is 11.3. The van der Waals surface area contributed by atoms with Gasteiger partial charge in [0.2, 0.25) is 0 Å². The number of benzene rings is 1. The predicted octanol–water partition coefficient (Wildman–Crippen LogP) is 1.73. The zero-order valence-electron chi connectivity index (χ0n) is 10.1. The lowest BCUT2D eigenvalue weighted by Crippen LogP contribution is -2.28. The van der Waals surface area contributed by atoms with Crippen molar-refractivity contribution in [1.29, 1.82) is 0 Å². The van der Waals surface area contributed by atoms with Crippen LogP contribution in [0.4, 0.5) is 11.4 Å². The van der Waals surface area contributed by atoms with E-state index >= 15 is 0 Å². The van der Waals surface area contributed by atoms with E-state index in [-0.39, 0.29) is 0 Å². The monoisotopic (exact) mass is 207 g/mol. The molecular formula is C12H21N3. The number of nitrogens with zero attached hydrogens (tertiary/aromatic N) is 2. The van der Waals surface area contributed by atoms with E-state index < -0.39 is 0 Å². The van der Waals surface area contributed by atoms with Gasteiger partial charge in [-0.1, -0.05) is 6.07 Å². The molecule has 1 aromatic rings. The molecule has 0 spiro atoms. The first-order valence-electron chi connectivity index (χ1n) is 5.27. The van der Waals surface area contributed by atoms with E-state index in [2.05, 4.69) is 60.5 Å². The maximum atomic E-state index is 3.15. The number of nitrogens with one attached hydrogen (secondary N) is 1. The molecule has 0 atom stereocenters. The maximum Gasteiger partial charge on any atom is 0.0384 e. The zero-order valence-corrected chi connectivity index (χ0v) is 10.1. The van der Waals surface area contributed by atoms with Crippen molar-refractivity contribution in [2.24, 2.45) is 0 Å². The van der Waals surface area contributed by atoms with Gasteiger partial charge in [0.25, 0.3) is 0 Å². The van der Waals surface area contributed by atoms with Crippen LogP contribution in [0, 0.1) is 0 Å². The van der Waals surface area contributed by atoms with E-state index in [0.717, 1.165) is 18.8 Å². The molecule has 1 aromatic carbocycles. The summed E-state index contributed by atoms with van der Waals surface area (Å²) in [6.07, 6.45) is 0. The largest absolute Gasteiger partial charge is 0.388 e. The SMILES string of the molecule is CNc1cccc(N(C)CCN(C)C)c1. The number of likely N-dealkylation sites (N-methyl/N-ethyl adjacent to an activating group) is 2. The quantitative estimate of drug-likeness (QED) is 0.793. The highest BCUT2D eigenvalue weighted by atomic mass is 15.2. The third kappa shape index (κ3) is 3.80. The fourth-order valence-electron chi connectivity index (χ4n) is 1.38. The Morgan fingerprint density at radius 1 is 1.13 bits per heavy atom. The standard InChI is InChI=1S/C12H21N3/c1-13-11-6-5-7-12(10-11)15(4)9-8-14(2)3/h5-7,10,13H,8-9H2,1-4H3. The van der Waals surface area contributed by atoms with Crippen molar-refractivity contribution < 1.29 is 0 Å². The van der Waals surface area contributed by atoms with Crippen molar-refractivity contribution in [2.75, 3.05) is 51.5 Å². The van der Waals surface area contributed by atoms with Crippen LogP contribution >= 0.6 is 0 Å². The van der Waals surface area contributed by atoms with Crippen LogP contribution in [0.2, 0.25) is 0 Å². The third-order valence-corrected chi connectivity index (χ3v) is 2.46. The molecule has 3 nitrogen and oxygen atoms in total. The summed E-state index contributed by atoms with van der Waals surface area (Å²) in [6, 6.07) is 8.45. The Hall–Kier alpha value is -1.22. The molecule has 1 N–H and O–H groups in total. The third-order valence-electron chi connectivity index (χ3n) is 2.46. The van der Waals surface area contributed by atoms with Crippen molar-refractivity contribution >= 4 is 11.4 Å². The molecule has 0 aliphatic rings. The summed E-state index contributed by atoms with van der Waals surface area (Å²) in [7, 11) is 8.26. The Morgan fingerprint density at radius 3 is 2.47 bits per heavy atom. The number of hydrogen-bond donors (Lipinski definition) is 1. The lowest BCUT2D eigenvalue weighted by Gasteiger charge is -2.22. The van der Waals surface area contributed by atoms with Crippen LogP contribution in [0.25, 0.3) is 0 Å². The molecule has 1 rings (SSSR count). The summed E-state index contributed by atoms with van der Waals surface area (Å²) in [4.78, 5) is 4.46. The highest BCUT2D eigenvalue weighted by molar-refractivity contribution is 5.57. The van der Waals surface area contributed by atoms with Gasteiger partial charge in [-0.15, -0.1) is 0 Å². The number of hydrogen-bond acceptors (Lipinski definition) is 3. The summed E-state index contributed by atoms with van der Waals surface area (Å²) in [6.45, 7) is 2.11. The van der Waals surface area contributed by atoms with E-state index in [1.54, 1.807) is 0 Å². The predicted molar refractivity (Wildman–Crippen MR) is 67.8 cm³/mol. The molecule has 0 aromatic heterocycles. The first kappa shape index (κ1) is 11.9. The highest BCUT2D eigenvalue weighted by Gasteiger charge is 2.01. The Morgan fingerprint density at radius 2 is 1.87 bits per heavy atom. The second kappa shape index (κ2) is 5.61. The molecule has 0 saturated heterocycles. The molecule has 84 valence electrons. The number of rotatable bonds is 5. The number of anilines is 2. The van der Waals surface area contributed by atoms with Gasteiger partial charge in [-0.2, -0.15) is 0 Å². The molecule has 0 saturated carbocycles. The van der Waals surface area contributed by atoms with Gasteiger partial charge in [0.05, 0.1) is 0 Å². The van der Waals surface area contributed by atoms with E-state index in [4.69, 9.17) is 0 Å². The van der Waals surface area contributed by atoms with E-state index in [0.29, 0.717) is 0 Å². The summed E-state index contributed by atoms with van der Waals surface area (Å²) < 4.78 is 0. The summed E-state index contributed by atoms with van der Waals surface area (Å²) >= 11 is 0. The minimum atomic E-state index is 1.04. The van der Waals surface area contributed by atoms with Crippen molar-refractivity contribution in [3.05, 3.63) is 24.3 Å². The molecule has 0 aliphatic carbocycles.